The van der Waals surface area contributed by atoms with Crippen molar-refractivity contribution in [3.05, 3.63) is 34.6 Å². The van der Waals surface area contributed by atoms with E-state index in [0.717, 1.165) is 12.8 Å². The zero-order chi connectivity index (χ0) is 13.3. The van der Waals surface area contributed by atoms with Crippen LogP contribution in [-0.4, -0.2) is 5.54 Å². The van der Waals surface area contributed by atoms with E-state index in [1.807, 2.05) is 0 Å². The summed E-state index contributed by atoms with van der Waals surface area (Å²) < 4.78 is 13.9. The van der Waals surface area contributed by atoms with E-state index in [0.29, 0.717) is 28.8 Å². The van der Waals surface area contributed by atoms with Crippen LogP contribution in [-0.2, 0) is 6.42 Å². The molecule has 0 saturated heterocycles. The van der Waals surface area contributed by atoms with Crippen LogP contribution in [0.3, 0.4) is 0 Å². The van der Waals surface area contributed by atoms with Gasteiger partial charge in [0, 0.05) is 10.6 Å². The van der Waals surface area contributed by atoms with Crippen LogP contribution in [0.15, 0.2) is 18.2 Å². The van der Waals surface area contributed by atoms with Gasteiger partial charge in [0.2, 0.25) is 0 Å². The molecule has 18 heavy (non-hydrogen) atoms. The van der Waals surface area contributed by atoms with Crippen molar-refractivity contribution in [3.63, 3.8) is 0 Å². The van der Waals surface area contributed by atoms with Gasteiger partial charge in [-0.05, 0) is 48.8 Å². The minimum atomic E-state index is -0.285. The Morgan fingerprint density at radius 3 is 2.78 bits per heavy atom. The summed E-state index contributed by atoms with van der Waals surface area (Å²) in [5.74, 6) is 0.822. The number of hydrogen-bond donors (Lipinski definition) is 1. The Kier molecular flexibility index (Phi) is 3.98. The Morgan fingerprint density at radius 2 is 2.11 bits per heavy atom. The van der Waals surface area contributed by atoms with Crippen LogP contribution in [0.1, 0.15) is 38.7 Å². The van der Waals surface area contributed by atoms with Crippen molar-refractivity contribution in [2.45, 2.75) is 45.1 Å². The molecule has 3 unspecified atom stereocenters. The second-order valence-electron chi connectivity index (χ2n) is 5.93. The molecule has 0 spiro atoms. The normalized spacial score (nSPS) is 32.5. The van der Waals surface area contributed by atoms with Crippen LogP contribution < -0.4 is 5.73 Å². The molecule has 1 aromatic rings. The number of halogens is 2. The fourth-order valence-corrected chi connectivity index (χ4v) is 3.20. The lowest BCUT2D eigenvalue weighted by Gasteiger charge is -2.42. The molecule has 1 aliphatic rings. The average Bonchev–Trinajstić information content (AvgIpc) is 2.28. The minimum absolute atomic E-state index is 0.238. The van der Waals surface area contributed by atoms with Gasteiger partial charge in [0.25, 0.3) is 0 Å². The van der Waals surface area contributed by atoms with Crippen molar-refractivity contribution in [2.75, 3.05) is 0 Å². The monoisotopic (exact) mass is 269 g/mol. The third-order valence-corrected chi connectivity index (χ3v) is 4.57. The minimum Gasteiger partial charge on any atom is -0.325 e. The summed E-state index contributed by atoms with van der Waals surface area (Å²) in [6.45, 7) is 4.41. The Labute approximate surface area is 114 Å². The molecule has 0 amide bonds. The zero-order valence-corrected chi connectivity index (χ0v) is 11.8. The predicted molar refractivity (Wildman–Crippen MR) is 74.2 cm³/mol. The average molecular weight is 270 g/mol. The molecule has 3 atom stereocenters. The molecule has 1 aliphatic carbocycles. The Hall–Kier alpha value is -0.600. The first-order valence-corrected chi connectivity index (χ1v) is 7.01. The summed E-state index contributed by atoms with van der Waals surface area (Å²) in [7, 11) is 0. The summed E-state index contributed by atoms with van der Waals surface area (Å²) in [6.07, 6.45) is 3.92. The van der Waals surface area contributed by atoms with Gasteiger partial charge in [-0.1, -0.05) is 37.9 Å². The van der Waals surface area contributed by atoms with E-state index < -0.39 is 0 Å². The van der Waals surface area contributed by atoms with Crippen molar-refractivity contribution in [1.29, 1.82) is 0 Å². The van der Waals surface area contributed by atoms with Gasteiger partial charge < -0.3 is 5.73 Å². The van der Waals surface area contributed by atoms with Crippen LogP contribution in [0.25, 0.3) is 0 Å². The maximum absolute atomic E-state index is 13.9. The summed E-state index contributed by atoms with van der Waals surface area (Å²) >= 11 is 5.77. The molecule has 0 aromatic heterocycles. The van der Waals surface area contributed by atoms with Crippen LogP contribution in [0.4, 0.5) is 4.39 Å². The number of hydrogen-bond acceptors (Lipinski definition) is 1. The van der Waals surface area contributed by atoms with Crippen LogP contribution in [0.5, 0.6) is 0 Å². The van der Waals surface area contributed by atoms with Crippen LogP contribution in [0.2, 0.25) is 5.02 Å². The van der Waals surface area contributed by atoms with Gasteiger partial charge in [-0.15, -0.1) is 0 Å². The molecule has 0 aliphatic heterocycles. The largest absolute Gasteiger partial charge is 0.325 e. The molecule has 100 valence electrons. The zero-order valence-electron chi connectivity index (χ0n) is 11.0. The first kappa shape index (κ1) is 13.8. The van der Waals surface area contributed by atoms with Gasteiger partial charge in [0.15, 0.2) is 0 Å². The Bertz CT molecular complexity index is 435. The highest BCUT2D eigenvalue weighted by Gasteiger charge is 2.37. The van der Waals surface area contributed by atoms with E-state index in [9.17, 15) is 4.39 Å². The molecule has 0 heterocycles. The van der Waals surface area contributed by atoms with Crippen molar-refractivity contribution in [1.82, 2.24) is 0 Å². The molecule has 1 aromatic carbocycles. The van der Waals surface area contributed by atoms with Crippen LogP contribution in [0, 0.1) is 17.7 Å². The number of rotatable bonds is 2. The standard InChI is InChI=1S/C15H21ClFN/c1-10-3-4-11(2)15(18,8-10)9-12-5-6-13(16)7-14(12)17/h5-7,10-11H,3-4,8-9,18H2,1-2H3. The molecule has 0 radical (unpaired) electrons. The van der Waals surface area contributed by atoms with Crippen LogP contribution >= 0.6 is 11.6 Å². The van der Waals surface area contributed by atoms with Crippen molar-refractivity contribution in [3.8, 4) is 0 Å². The van der Waals surface area contributed by atoms with Crippen molar-refractivity contribution in [2.24, 2.45) is 17.6 Å². The van der Waals surface area contributed by atoms with Gasteiger partial charge in [0.1, 0.15) is 5.82 Å². The van der Waals surface area contributed by atoms with E-state index in [4.69, 9.17) is 17.3 Å². The third kappa shape index (κ3) is 2.86. The maximum atomic E-state index is 13.9. The second kappa shape index (κ2) is 5.18. The molecule has 1 saturated carbocycles. The number of nitrogens with two attached hydrogens (primary N) is 1. The fourth-order valence-electron chi connectivity index (χ4n) is 3.04. The van der Waals surface area contributed by atoms with E-state index >= 15 is 0 Å². The fraction of sp³-hybridized carbons (Fsp3) is 0.600. The highest BCUT2D eigenvalue weighted by Crippen LogP contribution is 2.37. The summed E-state index contributed by atoms with van der Waals surface area (Å²) in [6, 6.07) is 4.87. The molecule has 3 heteroatoms. The Morgan fingerprint density at radius 1 is 1.39 bits per heavy atom. The molecule has 1 nitrogen and oxygen atoms in total. The van der Waals surface area contributed by atoms with E-state index in [2.05, 4.69) is 13.8 Å². The maximum Gasteiger partial charge on any atom is 0.127 e. The lowest BCUT2D eigenvalue weighted by atomic mass is 9.68. The summed E-state index contributed by atoms with van der Waals surface area (Å²) in [5.41, 5.74) is 6.93. The van der Waals surface area contributed by atoms with E-state index in [-0.39, 0.29) is 11.4 Å². The molecule has 0 bridgehead atoms. The third-order valence-electron chi connectivity index (χ3n) is 4.34. The lowest BCUT2D eigenvalue weighted by Crippen LogP contribution is -2.51. The first-order chi connectivity index (χ1) is 8.40. The lowest BCUT2D eigenvalue weighted by molar-refractivity contribution is 0.160. The highest BCUT2D eigenvalue weighted by atomic mass is 35.5. The first-order valence-electron chi connectivity index (χ1n) is 6.63. The van der Waals surface area contributed by atoms with E-state index in [1.54, 1.807) is 12.1 Å². The molecule has 2 N–H and O–H groups in total. The SMILES string of the molecule is CC1CCC(C)C(N)(Cc2ccc(Cl)cc2F)C1. The molecule has 1 fully saturated rings. The Balaban J connectivity index is 2.20. The van der Waals surface area contributed by atoms with Crippen molar-refractivity contribution >= 4 is 11.6 Å². The predicted octanol–water partition coefficient (Wildman–Crippen LogP) is 4.18. The quantitative estimate of drug-likeness (QED) is 0.857. The smallest absolute Gasteiger partial charge is 0.127 e. The molecule has 2 rings (SSSR count). The van der Waals surface area contributed by atoms with Gasteiger partial charge >= 0.3 is 0 Å². The molecular formula is C15H21ClFN. The van der Waals surface area contributed by atoms with Gasteiger partial charge in [0.05, 0.1) is 0 Å². The summed E-state index contributed by atoms with van der Waals surface area (Å²) in [5, 5.41) is 0.437. The number of benzene rings is 1. The topological polar surface area (TPSA) is 26.0 Å². The van der Waals surface area contributed by atoms with Gasteiger partial charge in [-0.25, -0.2) is 4.39 Å². The highest BCUT2D eigenvalue weighted by molar-refractivity contribution is 6.30. The van der Waals surface area contributed by atoms with Gasteiger partial charge in [-0.3, -0.25) is 0 Å². The van der Waals surface area contributed by atoms with Gasteiger partial charge in [-0.2, -0.15) is 0 Å². The van der Waals surface area contributed by atoms with Crippen molar-refractivity contribution < 1.29 is 4.39 Å². The summed E-state index contributed by atoms with van der Waals surface area (Å²) in [4.78, 5) is 0. The van der Waals surface area contributed by atoms with E-state index in [1.165, 1.54) is 12.5 Å². The second-order valence-corrected chi connectivity index (χ2v) is 6.37. The molecular weight excluding hydrogens is 249 g/mol.